The van der Waals surface area contributed by atoms with Gasteiger partial charge in [-0.2, -0.15) is 0 Å². The summed E-state index contributed by atoms with van der Waals surface area (Å²) in [6, 6.07) is 0. The molecule has 26 heavy (non-hydrogen) atoms. The van der Waals surface area contributed by atoms with Crippen LogP contribution >= 0.6 is 0 Å². The maximum absolute atomic E-state index is 10.8. The quantitative estimate of drug-likeness (QED) is 0.212. The van der Waals surface area contributed by atoms with Gasteiger partial charge in [0, 0.05) is 5.25 Å². The van der Waals surface area contributed by atoms with Crippen LogP contribution in [0.3, 0.4) is 0 Å². The van der Waals surface area contributed by atoms with Crippen molar-refractivity contribution < 1.29 is 69.5 Å². The third-order valence-electron chi connectivity index (χ3n) is 5.01. The summed E-state index contributed by atoms with van der Waals surface area (Å²) in [5, 5.41) is 8.91. The van der Waals surface area contributed by atoms with Crippen LogP contribution in [-0.2, 0) is 10.1 Å². The number of hydrogen-bond donors (Lipinski definition) is 1. The van der Waals surface area contributed by atoms with Crippen LogP contribution in [0, 0.1) is 0 Å². The maximum Gasteiger partial charge on any atom is 1.00 e. The van der Waals surface area contributed by atoms with E-state index < -0.39 is 15.4 Å². The summed E-state index contributed by atoms with van der Waals surface area (Å²) in [7, 11) is -4.09. The van der Waals surface area contributed by atoms with E-state index in [1.165, 1.54) is 58.3 Å². The molecule has 0 rings (SSSR count). The van der Waals surface area contributed by atoms with Gasteiger partial charge < -0.3 is 9.66 Å². The minimum atomic E-state index is -4.09. The largest absolute Gasteiger partial charge is 1.00 e. The second-order valence-electron chi connectivity index (χ2n) is 7.57. The molecule has 2 unspecified atom stereocenters. The van der Waals surface area contributed by atoms with Crippen molar-refractivity contribution in [3.8, 4) is 0 Å². The molecule has 0 heterocycles. The van der Waals surface area contributed by atoms with Crippen molar-refractivity contribution in [2.24, 2.45) is 0 Å². The molecular weight excluding hydrogens is 375 g/mol. The minimum absolute atomic E-state index is 0. The second kappa shape index (κ2) is 19.8. The molecule has 152 valence electrons. The summed E-state index contributed by atoms with van der Waals surface area (Å²) in [5.74, 6) is 0. The topological polar surface area (TPSA) is 77.4 Å². The van der Waals surface area contributed by atoms with Gasteiger partial charge >= 0.3 is 51.4 Å². The molecule has 0 aromatic rings. The number of aliphatic hydroxyl groups is 1. The maximum atomic E-state index is 10.8. The Morgan fingerprint density at radius 1 is 0.731 bits per heavy atom. The normalized spacial score (nSPS) is 14.0. The molecule has 0 aliphatic heterocycles. The van der Waals surface area contributed by atoms with E-state index in [0.29, 0.717) is 6.42 Å². The van der Waals surface area contributed by atoms with Gasteiger partial charge in [-0.05, 0) is 26.2 Å². The molecule has 0 spiro atoms. The molecule has 0 bridgehead atoms. The molecule has 0 aromatic carbocycles. The van der Waals surface area contributed by atoms with Crippen molar-refractivity contribution in [3.05, 3.63) is 0 Å². The first kappa shape index (κ1) is 29.7. The zero-order valence-corrected chi connectivity index (χ0v) is 21.5. The van der Waals surface area contributed by atoms with E-state index >= 15 is 0 Å². The zero-order chi connectivity index (χ0) is 19.0. The van der Waals surface area contributed by atoms with Crippen LogP contribution in [-0.4, -0.2) is 29.4 Å². The van der Waals surface area contributed by atoms with E-state index in [1.807, 2.05) is 0 Å². The van der Waals surface area contributed by atoms with Gasteiger partial charge in [-0.15, -0.1) is 0 Å². The fourth-order valence-corrected chi connectivity index (χ4v) is 3.66. The number of hydrogen-bond acceptors (Lipinski definition) is 4. The van der Waals surface area contributed by atoms with Crippen LogP contribution in [0.5, 0.6) is 0 Å². The van der Waals surface area contributed by atoms with Gasteiger partial charge in [0.05, 0.1) is 16.2 Å². The molecule has 0 radical (unpaired) electrons. The molecule has 0 saturated heterocycles. The monoisotopic (exact) mass is 416 g/mol. The summed E-state index contributed by atoms with van der Waals surface area (Å²) in [6.45, 7) is 3.63. The van der Waals surface area contributed by atoms with Crippen molar-refractivity contribution in [3.63, 3.8) is 0 Å². The van der Waals surface area contributed by atoms with Gasteiger partial charge in [0.15, 0.2) is 0 Å². The van der Waals surface area contributed by atoms with E-state index in [0.717, 1.165) is 44.9 Å². The summed E-state index contributed by atoms with van der Waals surface area (Å²) >= 11 is 0. The first-order valence-electron chi connectivity index (χ1n) is 10.5. The molecule has 0 aliphatic rings. The fourth-order valence-electron chi connectivity index (χ4n) is 3.20. The van der Waals surface area contributed by atoms with E-state index in [4.69, 9.17) is 0 Å². The van der Waals surface area contributed by atoms with Gasteiger partial charge in [-0.25, -0.2) is 8.42 Å². The molecule has 6 heteroatoms. The van der Waals surface area contributed by atoms with Gasteiger partial charge in [0.25, 0.3) is 0 Å². The van der Waals surface area contributed by atoms with Crippen molar-refractivity contribution >= 4 is 10.1 Å². The predicted molar refractivity (Wildman–Crippen MR) is 105 cm³/mol. The van der Waals surface area contributed by atoms with Crippen LogP contribution in [0.25, 0.3) is 0 Å². The Morgan fingerprint density at radius 3 is 1.42 bits per heavy atom. The Balaban J connectivity index is 0. The minimum Gasteiger partial charge on any atom is -0.748 e. The van der Waals surface area contributed by atoms with Crippen LogP contribution in [0.2, 0.25) is 0 Å². The van der Waals surface area contributed by atoms with Crippen LogP contribution in [0.4, 0.5) is 0 Å². The Morgan fingerprint density at radius 2 is 1.08 bits per heavy atom. The average Bonchev–Trinajstić information content (AvgIpc) is 2.54. The molecule has 0 fully saturated rings. The second-order valence-corrected chi connectivity index (χ2v) is 9.36. The van der Waals surface area contributed by atoms with E-state index in [1.54, 1.807) is 0 Å². The third kappa shape index (κ3) is 20.2. The van der Waals surface area contributed by atoms with E-state index in [9.17, 15) is 18.1 Å². The van der Waals surface area contributed by atoms with Crippen LogP contribution in [0.15, 0.2) is 0 Å². The first-order valence-corrected chi connectivity index (χ1v) is 12.0. The molecule has 0 aromatic heterocycles. The molecule has 1 N–H and O–H groups in total. The van der Waals surface area contributed by atoms with Crippen LogP contribution in [0.1, 0.15) is 117 Å². The van der Waals surface area contributed by atoms with Crippen molar-refractivity contribution in [1.29, 1.82) is 0 Å². The Kier molecular flexibility index (Phi) is 22.6. The number of aliphatic hydroxyl groups excluding tert-OH is 1. The van der Waals surface area contributed by atoms with E-state index in [-0.39, 0.29) is 57.5 Å². The molecule has 0 amide bonds. The predicted octanol–water partition coefficient (Wildman–Crippen LogP) is 2.55. The van der Waals surface area contributed by atoms with E-state index in [2.05, 4.69) is 6.92 Å². The van der Waals surface area contributed by atoms with Gasteiger partial charge in [0.1, 0.15) is 0 Å². The first-order chi connectivity index (χ1) is 11.9. The van der Waals surface area contributed by atoms with Gasteiger partial charge in [-0.3, -0.25) is 0 Å². The standard InChI is InChI=1S/C20H42O4S.K/c1-3-16-20(21)18-15-13-11-9-7-5-4-6-8-10-12-14-17-19(2)25(22,23)24;/h19-21H,3-18H2,1-2H3,(H,22,23,24);/q;+1/p-1. The molecule has 2 atom stereocenters. The van der Waals surface area contributed by atoms with Crippen molar-refractivity contribution in [1.82, 2.24) is 0 Å². The molecular formula is C20H41KO4S. The molecule has 0 aliphatic carbocycles. The fraction of sp³-hybridized carbons (Fsp3) is 1.00. The number of unbranched alkanes of at least 4 members (excludes halogenated alkanes) is 11. The summed E-state index contributed by atoms with van der Waals surface area (Å²) in [5.41, 5.74) is 0. The summed E-state index contributed by atoms with van der Waals surface area (Å²) in [4.78, 5) is 0. The third-order valence-corrected chi connectivity index (χ3v) is 6.23. The molecule has 4 nitrogen and oxygen atoms in total. The van der Waals surface area contributed by atoms with Gasteiger partial charge in [0.2, 0.25) is 0 Å². The number of rotatable bonds is 18. The van der Waals surface area contributed by atoms with Crippen molar-refractivity contribution in [2.75, 3.05) is 0 Å². The van der Waals surface area contributed by atoms with Crippen LogP contribution < -0.4 is 51.4 Å². The summed E-state index contributed by atoms with van der Waals surface area (Å²) < 4.78 is 32.3. The summed E-state index contributed by atoms with van der Waals surface area (Å²) in [6.07, 6.45) is 17.8. The Labute approximate surface area is 205 Å². The zero-order valence-electron chi connectivity index (χ0n) is 17.5. The average molecular weight is 417 g/mol. The SMILES string of the molecule is CCCC(O)CCCCCCCCCCCCCCC(C)S(=O)(=O)[O-].[K+]. The Hall–Kier alpha value is 1.51. The molecule has 0 saturated carbocycles. The van der Waals surface area contributed by atoms with Crippen molar-refractivity contribution in [2.45, 2.75) is 128 Å². The smallest absolute Gasteiger partial charge is 0.748 e. The van der Waals surface area contributed by atoms with Gasteiger partial charge in [-0.1, -0.05) is 90.4 Å². The Bertz CT molecular complexity index is 387.